The molecule has 1 aliphatic heterocycles. The lowest BCUT2D eigenvalue weighted by Gasteiger charge is -2.27. The number of piperidine rings is 1. The van der Waals surface area contributed by atoms with Gasteiger partial charge in [0.2, 0.25) is 5.91 Å². The Balaban J connectivity index is 2.34. The summed E-state index contributed by atoms with van der Waals surface area (Å²) in [5.74, 6) is 1.43. The summed E-state index contributed by atoms with van der Waals surface area (Å²) < 4.78 is 0. The maximum atomic E-state index is 11.2. The highest BCUT2D eigenvalue weighted by atomic mass is 32.2. The van der Waals surface area contributed by atoms with Crippen LogP contribution in [0.15, 0.2) is 0 Å². The van der Waals surface area contributed by atoms with E-state index in [9.17, 15) is 4.79 Å². The van der Waals surface area contributed by atoms with Crippen molar-refractivity contribution in [1.82, 2.24) is 4.90 Å². The summed E-state index contributed by atoms with van der Waals surface area (Å²) in [6.07, 6.45) is 1.91. The molecule has 0 saturated carbocycles. The third-order valence-electron chi connectivity index (χ3n) is 2.02. The van der Waals surface area contributed by atoms with Crippen molar-refractivity contribution in [1.29, 1.82) is 0 Å². The normalized spacial score (nSPS) is 25.8. The van der Waals surface area contributed by atoms with Crippen LogP contribution in [0.25, 0.3) is 0 Å². The molecule has 1 fully saturated rings. The summed E-state index contributed by atoms with van der Waals surface area (Å²) in [5.41, 5.74) is 0. The molecule has 0 radical (unpaired) electrons. The Morgan fingerprint density at radius 2 is 2.45 bits per heavy atom. The van der Waals surface area contributed by atoms with Crippen LogP contribution in [-0.4, -0.2) is 35.4 Å². The van der Waals surface area contributed by atoms with E-state index < -0.39 is 0 Å². The lowest BCUT2D eigenvalue weighted by Crippen LogP contribution is -2.36. The van der Waals surface area contributed by atoms with E-state index in [1.54, 1.807) is 0 Å². The molecule has 1 heterocycles. The van der Waals surface area contributed by atoms with Gasteiger partial charge in [-0.3, -0.25) is 4.79 Å². The highest BCUT2D eigenvalue weighted by molar-refractivity contribution is 7.99. The molecule has 1 saturated heterocycles. The fourth-order valence-electron chi connectivity index (χ4n) is 1.29. The molecule has 64 valence electrons. The van der Waals surface area contributed by atoms with Crippen LogP contribution in [-0.2, 0) is 4.79 Å². The van der Waals surface area contributed by atoms with Gasteiger partial charge >= 0.3 is 0 Å². The largest absolute Gasteiger partial charge is 0.346 e. The molecule has 0 N–H and O–H groups in total. The van der Waals surface area contributed by atoms with Gasteiger partial charge in [0.25, 0.3) is 0 Å². The van der Waals surface area contributed by atoms with Crippen LogP contribution in [0.5, 0.6) is 0 Å². The molecule has 0 aliphatic carbocycles. The zero-order chi connectivity index (χ0) is 8.27. The zero-order valence-corrected chi connectivity index (χ0v) is 7.99. The lowest BCUT2D eigenvalue weighted by molar-refractivity contribution is -0.131. The second kappa shape index (κ2) is 4.00. The summed E-state index contributed by atoms with van der Waals surface area (Å²) in [4.78, 5) is 13.0. The average Bonchev–Trinajstić information content (AvgIpc) is 1.98. The Bertz CT molecular complexity index is 149. The van der Waals surface area contributed by atoms with Gasteiger partial charge in [-0.25, -0.2) is 0 Å². The SMILES string of the molecule is CCSC1CCN(C)C(=O)C1. The van der Waals surface area contributed by atoms with E-state index in [2.05, 4.69) is 6.92 Å². The number of thioether (sulfide) groups is 1. The van der Waals surface area contributed by atoms with Gasteiger partial charge in [0.15, 0.2) is 0 Å². The zero-order valence-electron chi connectivity index (χ0n) is 7.17. The van der Waals surface area contributed by atoms with Gasteiger partial charge < -0.3 is 4.90 Å². The Labute approximate surface area is 72.3 Å². The third-order valence-corrected chi connectivity index (χ3v) is 3.22. The van der Waals surface area contributed by atoms with Gasteiger partial charge in [-0.05, 0) is 12.2 Å². The van der Waals surface area contributed by atoms with E-state index in [1.165, 1.54) is 6.42 Å². The number of amides is 1. The second-order valence-corrected chi connectivity index (χ2v) is 4.46. The number of hydrogen-bond donors (Lipinski definition) is 0. The van der Waals surface area contributed by atoms with Crippen molar-refractivity contribution >= 4 is 17.7 Å². The summed E-state index contributed by atoms with van der Waals surface area (Å²) in [6.45, 7) is 3.09. The number of carbonyl (C=O) groups is 1. The van der Waals surface area contributed by atoms with Gasteiger partial charge in [-0.2, -0.15) is 11.8 Å². The minimum absolute atomic E-state index is 0.308. The maximum absolute atomic E-state index is 11.2. The first-order chi connectivity index (χ1) is 5.24. The highest BCUT2D eigenvalue weighted by Gasteiger charge is 2.22. The molecule has 2 nitrogen and oxygen atoms in total. The molecule has 3 heteroatoms. The first-order valence-electron chi connectivity index (χ1n) is 4.09. The molecule has 0 aromatic carbocycles. The van der Waals surface area contributed by atoms with Crippen LogP contribution in [0.3, 0.4) is 0 Å². The van der Waals surface area contributed by atoms with E-state index in [-0.39, 0.29) is 0 Å². The topological polar surface area (TPSA) is 20.3 Å². The van der Waals surface area contributed by atoms with Gasteiger partial charge in [-0.15, -0.1) is 0 Å². The minimum atomic E-state index is 0.308. The molecule has 0 bridgehead atoms. The maximum Gasteiger partial charge on any atom is 0.223 e. The number of carbonyl (C=O) groups excluding carboxylic acids is 1. The molecule has 0 aromatic heterocycles. The van der Waals surface area contributed by atoms with Crippen molar-refractivity contribution in [3.8, 4) is 0 Å². The highest BCUT2D eigenvalue weighted by Crippen LogP contribution is 2.22. The summed E-state index contributed by atoms with van der Waals surface area (Å²) in [5, 5.41) is 0.587. The second-order valence-electron chi connectivity index (χ2n) is 2.89. The Hall–Kier alpha value is -0.180. The number of nitrogens with zero attached hydrogens (tertiary/aromatic N) is 1. The van der Waals surface area contributed by atoms with E-state index in [1.807, 2.05) is 23.7 Å². The molecule has 1 atom stereocenters. The summed E-state index contributed by atoms with van der Waals surface area (Å²) >= 11 is 1.91. The monoisotopic (exact) mass is 173 g/mol. The number of likely N-dealkylation sites (tertiary alicyclic amines) is 1. The lowest BCUT2D eigenvalue weighted by atomic mass is 10.1. The van der Waals surface area contributed by atoms with Crippen LogP contribution in [0.2, 0.25) is 0 Å². The standard InChI is InChI=1S/C8H15NOS/c1-3-11-7-4-5-9(2)8(10)6-7/h7H,3-6H2,1-2H3. The van der Waals surface area contributed by atoms with E-state index >= 15 is 0 Å². The van der Waals surface area contributed by atoms with Gasteiger partial charge in [0.05, 0.1) is 0 Å². The van der Waals surface area contributed by atoms with Crippen molar-refractivity contribution < 1.29 is 4.79 Å². The molecule has 0 spiro atoms. The number of rotatable bonds is 2. The minimum Gasteiger partial charge on any atom is -0.346 e. The molecule has 1 aliphatic rings. The summed E-state index contributed by atoms with van der Waals surface area (Å²) in [6, 6.07) is 0. The van der Waals surface area contributed by atoms with Crippen LogP contribution in [0.4, 0.5) is 0 Å². The fourth-order valence-corrected chi connectivity index (χ4v) is 2.30. The van der Waals surface area contributed by atoms with Gasteiger partial charge in [-0.1, -0.05) is 6.92 Å². The molecule has 1 unspecified atom stereocenters. The van der Waals surface area contributed by atoms with Crippen LogP contribution >= 0.6 is 11.8 Å². The van der Waals surface area contributed by atoms with Crippen molar-refractivity contribution in [3.05, 3.63) is 0 Å². The molecular weight excluding hydrogens is 158 g/mol. The molecule has 1 rings (SSSR count). The Morgan fingerprint density at radius 1 is 1.73 bits per heavy atom. The van der Waals surface area contributed by atoms with Crippen LogP contribution < -0.4 is 0 Å². The Kier molecular flexibility index (Phi) is 3.24. The molecule has 1 amide bonds. The van der Waals surface area contributed by atoms with Crippen molar-refractivity contribution in [3.63, 3.8) is 0 Å². The molecule has 0 aromatic rings. The molecule has 11 heavy (non-hydrogen) atoms. The van der Waals surface area contributed by atoms with Crippen molar-refractivity contribution in [2.75, 3.05) is 19.3 Å². The fraction of sp³-hybridized carbons (Fsp3) is 0.875. The van der Waals surface area contributed by atoms with E-state index in [4.69, 9.17) is 0 Å². The number of hydrogen-bond acceptors (Lipinski definition) is 2. The van der Waals surface area contributed by atoms with Crippen LogP contribution in [0, 0.1) is 0 Å². The Morgan fingerprint density at radius 3 is 3.00 bits per heavy atom. The van der Waals surface area contributed by atoms with Crippen molar-refractivity contribution in [2.24, 2.45) is 0 Å². The smallest absolute Gasteiger partial charge is 0.223 e. The predicted octanol–water partition coefficient (Wildman–Crippen LogP) is 1.36. The first kappa shape index (κ1) is 8.91. The summed E-state index contributed by atoms with van der Waals surface area (Å²) in [7, 11) is 1.88. The third kappa shape index (κ3) is 2.40. The first-order valence-corrected chi connectivity index (χ1v) is 5.14. The van der Waals surface area contributed by atoms with Crippen LogP contribution in [0.1, 0.15) is 19.8 Å². The predicted molar refractivity (Wildman–Crippen MR) is 48.8 cm³/mol. The van der Waals surface area contributed by atoms with E-state index in [0.717, 1.165) is 18.7 Å². The van der Waals surface area contributed by atoms with E-state index in [0.29, 0.717) is 11.2 Å². The van der Waals surface area contributed by atoms with Gasteiger partial charge in [0.1, 0.15) is 0 Å². The average molecular weight is 173 g/mol. The van der Waals surface area contributed by atoms with Gasteiger partial charge in [0, 0.05) is 25.3 Å². The molecular formula is C8H15NOS. The van der Waals surface area contributed by atoms with Crippen molar-refractivity contribution in [2.45, 2.75) is 25.0 Å². The quantitative estimate of drug-likeness (QED) is 0.628.